The summed E-state index contributed by atoms with van der Waals surface area (Å²) in [5, 5.41) is 4.86. The third-order valence-electron chi connectivity index (χ3n) is 3.68. The number of rotatable bonds is 6. The van der Waals surface area contributed by atoms with Crippen LogP contribution in [-0.2, 0) is 12.3 Å². The molecule has 3 rings (SSSR count). The van der Waals surface area contributed by atoms with Gasteiger partial charge in [-0.15, -0.1) is 23.1 Å². The molecule has 1 heterocycles. The van der Waals surface area contributed by atoms with Gasteiger partial charge in [0.1, 0.15) is 5.82 Å². The SMILES string of the molecule is Cc1ccc(CNC(=O)c2ccccc2SCc2cscn2)cc1F. The Morgan fingerprint density at radius 1 is 1.28 bits per heavy atom. The highest BCUT2D eigenvalue weighted by molar-refractivity contribution is 7.98. The summed E-state index contributed by atoms with van der Waals surface area (Å²) < 4.78 is 13.6. The molecule has 0 atom stereocenters. The van der Waals surface area contributed by atoms with Gasteiger partial charge in [-0.3, -0.25) is 4.79 Å². The first-order valence-corrected chi connectivity index (χ1v) is 9.68. The summed E-state index contributed by atoms with van der Waals surface area (Å²) in [4.78, 5) is 17.7. The number of carbonyl (C=O) groups excluding carboxylic acids is 1. The van der Waals surface area contributed by atoms with Crippen LogP contribution in [0.3, 0.4) is 0 Å². The number of thioether (sulfide) groups is 1. The maximum Gasteiger partial charge on any atom is 0.252 e. The highest BCUT2D eigenvalue weighted by Gasteiger charge is 2.12. The second-order valence-corrected chi connectivity index (χ2v) is 7.27. The third kappa shape index (κ3) is 4.67. The molecule has 0 aliphatic carbocycles. The van der Waals surface area contributed by atoms with E-state index >= 15 is 0 Å². The molecule has 1 aromatic heterocycles. The number of nitrogens with one attached hydrogen (secondary N) is 1. The van der Waals surface area contributed by atoms with Crippen molar-refractivity contribution in [3.8, 4) is 0 Å². The van der Waals surface area contributed by atoms with Gasteiger partial charge in [-0.2, -0.15) is 0 Å². The molecule has 6 heteroatoms. The third-order valence-corrected chi connectivity index (χ3v) is 5.42. The fourth-order valence-electron chi connectivity index (χ4n) is 2.26. The molecule has 25 heavy (non-hydrogen) atoms. The van der Waals surface area contributed by atoms with Crippen LogP contribution in [0.15, 0.2) is 58.3 Å². The zero-order valence-electron chi connectivity index (χ0n) is 13.7. The zero-order valence-corrected chi connectivity index (χ0v) is 15.3. The number of aryl methyl sites for hydroxylation is 1. The number of hydrogen-bond donors (Lipinski definition) is 1. The Bertz CT molecular complexity index is 866. The van der Waals surface area contributed by atoms with Gasteiger partial charge in [0.2, 0.25) is 0 Å². The first-order chi connectivity index (χ1) is 12.1. The molecule has 1 amide bonds. The highest BCUT2D eigenvalue weighted by atomic mass is 32.2. The molecule has 0 fully saturated rings. The van der Waals surface area contributed by atoms with Crippen LogP contribution >= 0.6 is 23.1 Å². The van der Waals surface area contributed by atoms with Gasteiger partial charge in [0.15, 0.2) is 0 Å². The Kier molecular flexibility index (Phi) is 5.83. The van der Waals surface area contributed by atoms with E-state index in [-0.39, 0.29) is 11.7 Å². The highest BCUT2D eigenvalue weighted by Crippen LogP contribution is 2.26. The van der Waals surface area contributed by atoms with E-state index in [4.69, 9.17) is 0 Å². The van der Waals surface area contributed by atoms with E-state index in [0.717, 1.165) is 21.9 Å². The standard InChI is InChI=1S/C19H17FN2OS2/c1-13-6-7-14(8-17(13)20)9-21-19(23)16-4-2-3-5-18(16)25-11-15-10-24-12-22-15/h2-8,10,12H,9,11H2,1H3,(H,21,23). The second kappa shape index (κ2) is 8.27. The van der Waals surface area contributed by atoms with Crippen LogP contribution in [0.2, 0.25) is 0 Å². The topological polar surface area (TPSA) is 42.0 Å². The van der Waals surface area contributed by atoms with Crippen LogP contribution in [0.1, 0.15) is 27.2 Å². The van der Waals surface area contributed by atoms with Crippen molar-refractivity contribution in [3.05, 3.63) is 81.6 Å². The Labute approximate surface area is 154 Å². The number of benzene rings is 2. The predicted molar refractivity (Wildman–Crippen MR) is 100 cm³/mol. The number of thiazole rings is 1. The average Bonchev–Trinajstić information content (AvgIpc) is 3.14. The first-order valence-electron chi connectivity index (χ1n) is 7.75. The van der Waals surface area contributed by atoms with Gasteiger partial charge < -0.3 is 5.32 Å². The molecule has 0 aliphatic rings. The monoisotopic (exact) mass is 372 g/mol. The van der Waals surface area contributed by atoms with Crippen molar-refractivity contribution in [3.63, 3.8) is 0 Å². The molecule has 0 saturated carbocycles. The Morgan fingerprint density at radius 3 is 2.88 bits per heavy atom. The molecule has 0 spiro atoms. The van der Waals surface area contributed by atoms with E-state index in [1.165, 1.54) is 6.07 Å². The fourth-order valence-corrected chi connectivity index (χ4v) is 3.88. The number of aromatic nitrogens is 1. The maximum absolute atomic E-state index is 13.6. The quantitative estimate of drug-likeness (QED) is 0.631. The minimum absolute atomic E-state index is 0.164. The number of halogens is 1. The van der Waals surface area contributed by atoms with Crippen molar-refractivity contribution in [1.29, 1.82) is 0 Å². The van der Waals surface area contributed by atoms with E-state index in [9.17, 15) is 9.18 Å². The van der Waals surface area contributed by atoms with Crippen molar-refractivity contribution < 1.29 is 9.18 Å². The number of amides is 1. The van der Waals surface area contributed by atoms with Crippen LogP contribution in [0.5, 0.6) is 0 Å². The molecule has 0 radical (unpaired) electrons. The molecular weight excluding hydrogens is 355 g/mol. The summed E-state index contributed by atoms with van der Waals surface area (Å²) in [7, 11) is 0. The summed E-state index contributed by atoms with van der Waals surface area (Å²) in [5.74, 6) is 0.296. The van der Waals surface area contributed by atoms with E-state index in [1.54, 1.807) is 47.7 Å². The molecule has 3 nitrogen and oxygen atoms in total. The second-order valence-electron chi connectivity index (χ2n) is 5.53. The molecule has 0 unspecified atom stereocenters. The molecule has 128 valence electrons. The fraction of sp³-hybridized carbons (Fsp3) is 0.158. The Hall–Kier alpha value is -2.18. The van der Waals surface area contributed by atoms with Crippen molar-refractivity contribution in [2.45, 2.75) is 24.1 Å². The summed E-state index contributed by atoms with van der Waals surface area (Å²) in [5.41, 5.74) is 4.76. The van der Waals surface area contributed by atoms with E-state index in [1.807, 2.05) is 29.6 Å². The molecule has 0 saturated heterocycles. The maximum atomic E-state index is 13.6. The van der Waals surface area contributed by atoms with Gasteiger partial charge in [0.25, 0.3) is 5.91 Å². The molecule has 0 aliphatic heterocycles. The van der Waals surface area contributed by atoms with Crippen molar-refractivity contribution >= 4 is 29.0 Å². The normalized spacial score (nSPS) is 10.6. The van der Waals surface area contributed by atoms with E-state index < -0.39 is 0 Å². The molecule has 3 aromatic rings. The lowest BCUT2D eigenvalue weighted by Crippen LogP contribution is -2.23. The molecular formula is C19H17FN2OS2. The lowest BCUT2D eigenvalue weighted by atomic mass is 10.1. The number of hydrogen-bond acceptors (Lipinski definition) is 4. The smallest absolute Gasteiger partial charge is 0.252 e. The van der Waals surface area contributed by atoms with Crippen LogP contribution in [0.25, 0.3) is 0 Å². The largest absolute Gasteiger partial charge is 0.348 e. The minimum Gasteiger partial charge on any atom is -0.348 e. The molecule has 1 N–H and O–H groups in total. The van der Waals surface area contributed by atoms with Gasteiger partial charge in [-0.1, -0.05) is 24.3 Å². The first kappa shape index (κ1) is 17.6. The van der Waals surface area contributed by atoms with Crippen molar-refractivity contribution in [2.24, 2.45) is 0 Å². The van der Waals surface area contributed by atoms with Gasteiger partial charge in [0.05, 0.1) is 16.8 Å². The molecule has 0 bridgehead atoms. The van der Waals surface area contributed by atoms with Gasteiger partial charge in [-0.05, 0) is 36.2 Å². The van der Waals surface area contributed by atoms with Crippen molar-refractivity contribution in [1.82, 2.24) is 10.3 Å². The lowest BCUT2D eigenvalue weighted by Gasteiger charge is -2.10. The molecule has 2 aromatic carbocycles. The summed E-state index contributed by atoms with van der Waals surface area (Å²) >= 11 is 3.14. The van der Waals surface area contributed by atoms with Gasteiger partial charge in [-0.25, -0.2) is 9.37 Å². The summed E-state index contributed by atoms with van der Waals surface area (Å²) in [6.45, 7) is 2.01. The van der Waals surface area contributed by atoms with Crippen LogP contribution < -0.4 is 5.32 Å². The average molecular weight is 372 g/mol. The van der Waals surface area contributed by atoms with Crippen molar-refractivity contribution in [2.75, 3.05) is 0 Å². The van der Waals surface area contributed by atoms with Crippen LogP contribution in [0, 0.1) is 12.7 Å². The van der Waals surface area contributed by atoms with Gasteiger partial charge >= 0.3 is 0 Å². The number of nitrogens with zero attached hydrogens (tertiary/aromatic N) is 1. The zero-order chi connectivity index (χ0) is 17.6. The minimum atomic E-state index is -0.258. The summed E-state index contributed by atoms with van der Waals surface area (Å²) in [6.07, 6.45) is 0. The van der Waals surface area contributed by atoms with E-state index in [0.29, 0.717) is 17.7 Å². The lowest BCUT2D eigenvalue weighted by molar-refractivity contribution is 0.0948. The van der Waals surface area contributed by atoms with Gasteiger partial charge in [0, 0.05) is 22.6 Å². The Morgan fingerprint density at radius 2 is 2.12 bits per heavy atom. The summed E-state index contributed by atoms with van der Waals surface area (Å²) in [6, 6.07) is 12.5. The van der Waals surface area contributed by atoms with Crippen LogP contribution in [-0.4, -0.2) is 10.9 Å². The van der Waals surface area contributed by atoms with Crippen LogP contribution in [0.4, 0.5) is 4.39 Å². The van der Waals surface area contributed by atoms with E-state index in [2.05, 4.69) is 10.3 Å². The Balaban J connectivity index is 1.66. The number of carbonyl (C=O) groups is 1. The predicted octanol–water partition coefficient (Wildman–Crippen LogP) is 4.81.